The van der Waals surface area contributed by atoms with Crippen LogP contribution in [0.3, 0.4) is 0 Å². The monoisotopic (exact) mass is 349 g/mol. The van der Waals surface area contributed by atoms with E-state index in [1.165, 1.54) is 6.92 Å². The van der Waals surface area contributed by atoms with Crippen molar-refractivity contribution in [3.05, 3.63) is 35.9 Å². The van der Waals surface area contributed by atoms with Gasteiger partial charge in [-0.05, 0) is 12.5 Å². The average Bonchev–Trinajstić information content (AvgIpc) is 2.53. The summed E-state index contributed by atoms with van der Waals surface area (Å²) in [5.41, 5.74) is 0.821. The average molecular weight is 349 g/mol. The molecule has 0 aromatic heterocycles. The number of ether oxygens (including phenoxy) is 1. The Kier molecular flexibility index (Phi) is 7.76. The van der Waals surface area contributed by atoms with Crippen molar-refractivity contribution in [2.75, 3.05) is 18.8 Å². The van der Waals surface area contributed by atoms with Gasteiger partial charge in [0.25, 0.3) is 0 Å². The van der Waals surface area contributed by atoms with Crippen molar-refractivity contribution < 1.29 is 17.9 Å². The minimum atomic E-state index is -3.76. The quantitative estimate of drug-likeness (QED) is 0.559. The molecule has 0 spiro atoms. The molecule has 0 aliphatic carbocycles. The number of alkyl carbamates (subject to hydrolysis) is 1. The largest absolute Gasteiger partial charge is 0.445 e. The molecule has 1 aromatic carbocycles. The molecule has 0 heterocycles. The maximum Gasteiger partial charge on any atom is 0.407 e. The highest BCUT2D eigenvalue weighted by Gasteiger charge is 2.24. The number of nitrogens with zero attached hydrogens (tertiary/aromatic N) is 2. The van der Waals surface area contributed by atoms with E-state index >= 15 is 0 Å². The summed E-state index contributed by atoms with van der Waals surface area (Å²) in [6, 6.07) is 10.2. The highest BCUT2D eigenvalue weighted by molar-refractivity contribution is 7.89. The molecule has 1 rings (SSSR count). The molecule has 0 saturated heterocycles. The SMILES string of the molecule is C#CCN(CC#N)S(=O)(=O)C[C@H](C)NC(=O)OCc1ccccc1. The topological polar surface area (TPSA) is 99.5 Å². The number of terminal acetylenes is 1. The van der Waals surface area contributed by atoms with Crippen LogP contribution in [0.4, 0.5) is 4.79 Å². The number of benzene rings is 1. The summed E-state index contributed by atoms with van der Waals surface area (Å²) in [6.45, 7) is 1.09. The van der Waals surface area contributed by atoms with E-state index in [-0.39, 0.29) is 25.4 Å². The van der Waals surface area contributed by atoms with Crippen LogP contribution < -0.4 is 5.32 Å². The van der Waals surface area contributed by atoms with Crippen LogP contribution in [0.25, 0.3) is 0 Å². The first-order chi connectivity index (χ1) is 11.4. The smallest absolute Gasteiger partial charge is 0.407 e. The molecule has 0 aliphatic rings. The first-order valence-electron chi connectivity index (χ1n) is 7.14. The lowest BCUT2D eigenvalue weighted by molar-refractivity contribution is 0.137. The lowest BCUT2D eigenvalue weighted by Crippen LogP contribution is -2.43. The number of rotatable bonds is 8. The third-order valence-corrected chi connectivity index (χ3v) is 4.91. The molecule has 0 aliphatic heterocycles. The first-order valence-corrected chi connectivity index (χ1v) is 8.75. The summed E-state index contributed by atoms with van der Waals surface area (Å²) in [5, 5.41) is 11.1. The third kappa shape index (κ3) is 6.69. The zero-order valence-electron chi connectivity index (χ0n) is 13.3. The van der Waals surface area contributed by atoms with E-state index in [1.54, 1.807) is 18.2 Å². The van der Waals surface area contributed by atoms with Gasteiger partial charge in [0, 0.05) is 6.04 Å². The Labute approximate surface area is 142 Å². The molecule has 128 valence electrons. The fraction of sp³-hybridized carbons (Fsp3) is 0.375. The van der Waals surface area contributed by atoms with E-state index in [1.807, 2.05) is 18.2 Å². The zero-order chi connectivity index (χ0) is 18.0. The second-order valence-electron chi connectivity index (χ2n) is 5.02. The van der Waals surface area contributed by atoms with Crippen LogP contribution in [0.1, 0.15) is 12.5 Å². The number of carbonyl (C=O) groups is 1. The van der Waals surface area contributed by atoms with E-state index in [2.05, 4.69) is 11.2 Å². The molecule has 0 bridgehead atoms. The van der Waals surface area contributed by atoms with Gasteiger partial charge >= 0.3 is 6.09 Å². The second-order valence-corrected chi connectivity index (χ2v) is 7.03. The van der Waals surface area contributed by atoms with Gasteiger partial charge in [-0.15, -0.1) is 6.42 Å². The van der Waals surface area contributed by atoms with Crippen LogP contribution >= 0.6 is 0 Å². The molecule has 1 aromatic rings. The predicted molar refractivity (Wildman–Crippen MR) is 89.0 cm³/mol. The van der Waals surface area contributed by atoms with Gasteiger partial charge in [0.15, 0.2) is 0 Å². The number of nitriles is 1. The van der Waals surface area contributed by atoms with Gasteiger partial charge in [0.2, 0.25) is 10.0 Å². The van der Waals surface area contributed by atoms with Crippen molar-refractivity contribution in [2.24, 2.45) is 0 Å². The molecule has 1 amide bonds. The number of nitrogens with one attached hydrogen (secondary N) is 1. The predicted octanol–water partition coefficient (Wildman–Crippen LogP) is 1.09. The van der Waals surface area contributed by atoms with Gasteiger partial charge in [0.05, 0.1) is 18.4 Å². The van der Waals surface area contributed by atoms with Crippen LogP contribution in [0, 0.1) is 23.7 Å². The summed E-state index contributed by atoms with van der Waals surface area (Å²) in [6.07, 6.45) is 4.39. The Morgan fingerprint density at radius 3 is 2.62 bits per heavy atom. The summed E-state index contributed by atoms with van der Waals surface area (Å²) >= 11 is 0. The zero-order valence-corrected chi connectivity index (χ0v) is 14.1. The van der Waals surface area contributed by atoms with Crippen LogP contribution in [-0.4, -0.2) is 43.7 Å². The fourth-order valence-corrected chi connectivity index (χ4v) is 3.31. The van der Waals surface area contributed by atoms with Crippen molar-refractivity contribution in [1.82, 2.24) is 9.62 Å². The number of amides is 1. The lowest BCUT2D eigenvalue weighted by Gasteiger charge is -2.20. The van der Waals surface area contributed by atoms with Gasteiger partial charge in [-0.3, -0.25) is 0 Å². The Balaban J connectivity index is 2.52. The van der Waals surface area contributed by atoms with E-state index in [4.69, 9.17) is 16.4 Å². The molecule has 0 unspecified atom stereocenters. The van der Waals surface area contributed by atoms with Gasteiger partial charge in [-0.2, -0.15) is 9.57 Å². The van der Waals surface area contributed by atoms with Crippen molar-refractivity contribution >= 4 is 16.1 Å². The van der Waals surface area contributed by atoms with Crippen LogP contribution in [0.15, 0.2) is 30.3 Å². The standard InChI is InChI=1S/C16H19N3O4S/c1-3-10-19(11-9-17)24(21,22)13-14(2)18-16(20)23-12-15-7-5-4-6-8-15/h1,4-8,14H,10-13H2,2H3,(H,18,20)/t14-/m0/s1. The maximum absolute atomic E-state index is 12.2. The summed E-state index contributed by atoms with van der Waals surface area (Å²) in [7, 11) is -3.76. The van der Waals surface area contributed by atoms with E-state index < -0.39 is 22.2 Å². The molecule has 0 fully saturated rings. The molecule has 24 heavy (non-hydrogen) atoms. The molecule has 7 nitrogen and oxygen atoms in total. The van der Waals surface area contributed by atoms with Crippen LogP contribution in [0.2, 0.25) is 0 Å². The lowest BCUT2D eigenvalue weighted by atomic mass is 10.2. The highest BCUT2D eigenvalue weighted by atomic mass is 32.2. The molecule has 8 heteroatoms. The molecular weight excluding hydrogens is 330 g/mol. The Morgan fingerprint density at radius 2 is 2.04 bits per heavy atom. The van der Waals surface area contributed by atoms with Gasteiger partial charge in [-0.25, -0.2) is 13.2 Å². The summed E-state index contributed by atoms with van der Waals surface area (Å²) in [4.78, 5) is 11.7. The Morgan fingerprint density at radius 1 is 1.38 bits per heavy atom. The van der Waals surface area contributed by atoms with E-state index in [9.17, 15) is 13.2 Å². The van der Waals surface area contributed by atoms with Crippen molar-refractivity contribution in [3.8, 4) is 18.4 Å². The minimum absolute atomic E-state index is 0.0871. The first kappa shape index (κ1) is 19.5. The fourth-order valence-electron chi connectivity index (χ4n) is 1.86. The van der Waals surface area contributed by atoms with Crippen LogP contribution in [-0.2, 0) is 21.4 Å². The van der Waals surface area contributed by atoms with Gasteiger partial charge in [0.1, 0.15) is 13.2 Å². The van der Waals surface area contributed by atoms with Crippen molar-refractivity contribution in [1.29, 1.82) is 5.26 Å². The second kappa shape index (κ2) is 9.56. The molecular formula is C16H19N3O4S. The Bertz CT molecular complexity index is 704. The summed E-state index contributed by atoms with van der Waals surface area (Å²) < 4.78 is 30.3. The number of hydrogen-bond acceptors (Lipinski definition) is 5. The van der Waals surface area contributed by atoms with Gasteiger partial charge in [-0.1, -0.05) is 36.3 Å². The number of carbonyl (C=O) groups excluding carboxylic acids is 1. The number of hydrogen-bond donors (Lipinski definition) is 1. The Hall–Kier alpha value is -2.55. The molecule has 1 atom stereocenters. The maximum atomic E-state index is 12.2. The van der Waals surface area contributed by atoms with Gasteiger partial charge < -0.3 is 10.1 Å². The van der Waals surface area contributed by atoms with Crippen molar-refractivity contribution in [3.63, 3.8) is 0 Å². The van der Waals surface area contributed by atoms with E-state index in [0.29, 0.717) is 0 Å². The molecule has 1 N–H and O–H groups in total. The van der Waals surface area contributed by atoms with E-state index in [0.717, 1.165) is 9.87 Å². The highest BCUT2D eigenvalue weighted by Crippen LogP contribution is 2.04. The van der Waals surface area contributed by atoms with Crippen molar-refractivity contribution in [2.45, 2.75) is 19.6 Å². The molecule has 0 saturated carbocycles. The molecule has 0 radical (unpaired) electrons. The summed E-state index contributed by atoms with van der Waals surface area (Å²) in [5.74, 6) is 1.82. The number of sulfonamides is 1. The minimum Gasteiger partial charge on any atom is -0.445 e. The van der Waals surface area contributed by atoms with Crippen LogP contribution in [0.5, 0.6) is 0 Å². The third-order valence-electron chi connectivity index (χ3n) is 2.95. The normalized spacial score (nSPS) is 12.0.